The fourth-order valence-corrected chi connectivity index (χ4v) is 1.90. The molecular formula is C9H11N3S. The van der Waals surface area contributed by atoms with Gasteiger partial charge in [0.05, 0.1) is 11.2 Å². The summed E-state index contributed by atoms with van der Waals surface area (Å²) in [5.41, 5.74) is 0. The Labute approximate surface area is 80.8 Å². The maximum Gasteiger partial charge on any atom is 0.128 e. The van der Waals surface area contributed by atoms with Gasteiger partial charge in [-0.2, -0.15) is 0 Å². The fourth-order valence-electron chi connectivity index (χ4n) is 1.12. The van der Waals surface area contributed by atoms with Crippen LogP contribution in [-0.4, -0.2) is 9.97 Å². The van der Waals surface area contributed by atoms with E-state index in [9.17, 15) is 0 Å². The number of thiophene rings is 1. The molecule has 2 heterocycles. The monoisotopic (exact) mass is 193 g/mol. The number of aryl methyl sites for hydroxylation is 2. The Morgan fingerprint density at radius 1 is 1.38 bits per heavy atom. The number of nitrogens with one attached hydrogen (secondary N) is 2. The van der Waals surface area contributed by atoms with Gasteiger partial charge in [0.15, 0.2) is 0 Å². The van der Waals surface area contributed by atoms with Crippen LogP contribution in [0.3, 0.4) is 0 Å². The van der Waals surface area contributed by atoms with Gasteiger partial charge in [0.25, 0.3) is 0 Å². The molecule has 0 unspecified atom stereocenters. The van der Waals surface area contributed by atoms with E-state index in [2.05, 4.69) is 34.3 Å². The molecule has 68 valence electrons. The predicted molar refractivity (Wildman–Crippen MR) is 55.7 cm³/mol. The Hall–Kier alpha value is -1.29. The molecule has 0 aliphatic rings. The molecule has 0 bridgehead atoms. The van der Waals surface area contributed by atoms with E-state index in [0.29, 0.717) is 0 Å². The Morgan fingerprint density at radius 3 is 2.77 bits per heavy atom. The van der Waals surface area contributed by atoms with Crippen LogP contribution in [0.2, 0.25) is 0 Å². The molecule has 0 fully saturated rings. The van der Waals surface area contributed by atoms with E-state index in [1.165, 1.54) is 4.88 Å². The minimum absolute atomic E-state index is 0.927. The number of anilines is 2. The van der Waals surface area contributed by atoms with Crippen LogP contribution in [0.25, 0.3) is 0 Å². The number of H-pyrrole nitrogens is 1. The molecule has 3 nitrogen and oxygen atoms in total. The van der Waals surface area contributed by atoms with Gasteiger partial charge in [-0.1, -0.05) is 0 Å². The Balaban J connectivity index is 2.14. The lowest BCUT2D eigenvalue weighted by atomic mass is 10.5. The minimum atomic E-state index is 0.927. The largest absolute Gasteiger partial charge is 0.332 e. The van der Waals surface area contributed by atoms with E-state index in [4.69, 9.17) is 0 Å². The van der Waals surface area contributed by atoms with Gasteiger partial charge in [0, 0.05) is 4.88 Å². The fraction of sp³-hybridized carbons (Fsp3) is 0.222. The lowest BCUT2D eigenvalue weighted by Crippen LogP contribution is -1.86. The zero-order valence-corrected chi connectivity index (χ0v) is 8.40. The van der Waals surface area contributed by atoms with Crippen molar-refractivity contribution in [2.45, 2.75) is 13.8 Å². The van der Waals surface area contributed by atoms with Crippen molar-refractivity contribution >= 4 is 22.2 Å². The number of rotatable bonds is 2. The summed E-state index contributed by atoms with van der Waals surface area (Å²) < 4.78 is 0. The summed E-state index contributed by atoms with van der Waals surface area (Å²) in [4.78, 5) is 8.53. The van der Waals surface area contributed by atoms with E-state index in [1.807, 2.05) is 6.92 Å². The molecular weight excluding hydrogens is 182 g/mol. The number of imidazole rings is 1. The standard InChI is InChI=1S/C9H11N3S/c1-6-3-4-9(13-6)12-8-5-10-7(2)11-8/h3-5,12H,1-2H3,(H,10,11). The maximum absolute atomic E-state index is 4.11. The Morgan fingerprint density at radius 2 is 2.23 bits per heavy atom. The van der Waals surface area contributed by atoms with Gasteiger partial charge in [-0.05, 0) is 26.0 Å². The number of aromatic nitrogens is 2. The van der Waals surface area contributed by atoms with Crippen LogP contribution in [0.1, 0.15) is 10.7 Å². The lowest BCUT2D eigenvalue weighted by Gasteiger charge is -1.97. The molecule has 2 N–H and O–H groups in total. The average molecular weight is 193 g/mol. The first-order valence-corrected chi connectivity index (χ1v) is 4.91. The van der Waals surface area contributed by atoms with Gasteiger partial charge < -0.3 is 10.3 Å². The molecule has 2 aromatic heterocycles. The van der Waals surface area contributed by atoms with Gasteiger partial charge in [0.1, 0.15) is 11.6 Å². The van der Waals surface area contributed by atoms with Gasteiger partial charge >= 0.3 is 0 Å². The highest BCUT2D eigenvalue weighted by Gasteiger charge is 1.98. The van der Waals surface area contributed by atoms with Crippen LogP contribution < -0.4 is 5.32 Å². The number of hydrogen-bond donors (Lipinski definition) is 2. The smallest absolute Gasteiger partial charge is 0.128 e. The molecule has 13 heavy (non-hydrogen) atoms. The quantitative estimate of drug-likeness (QED) is 0.770. The molecule has 0 spiro atoms. The van der Waals surface area contributed by atoms with Gasteiger partial charge in [-0.15, -0.1) is 11.3 Å². The van der Waals surface area contributed by atoms with Crippen molar-refractivity contribution in [3.63, 3.8) is 0 Å². The van der Waals surface area contributed by atoms with Crippen LogP contribution in [0.4, 0.5) is 10.8 Å². The van der Waals surface area contributed by atoms with Crippen molar-refractivity contribution in [3.8, 4) is 0 Å². The topological polar surface area (TPSA) is 40.7 Å². The Kier molecular flexibility index (Phi) is 2.06. The van der Waals surface area contributed by atoms with E-state index in [0.717, 1.165) is 16.6 Å². The van der Waals surface area contributed by atoms with Gasteiger partial charge in [-0.3, -0.25) is 0 Å². The molecule has 0 amide bonds. The Bertz CT molecular complexity index is 364. The first-order valence-electron chi connectivity index (χ1n) is 4.09. The second-order valence-corrected chi connectivity index (χ2v) is 4.21. The molecule has 0 saturated heterocycles. The van der Waals surface area contributed by atoms with Crippen molar-refractivity contribution in [1.29, 1.82) is 0 Å². The normalized spacial score (nSPS) is 10.3. The zero-order chi connectivity index (χ0) is 9.26. The highest BCUT2D eigenvalue weighted by atomic mass is 32.1. The van der Waals surface area contributed by atoms with Crippen LogP contribution in [0.15, 0.2) is 18.3 Å². The maximum atomic E-state index is 4.11. The van der Waals surface area contributed by atoms with Crippen LogP contribution in [0, 0.1) is 13.8 Å². The minimum Gasteiger partial charge on any atom is -0.332 e. The summed E-state index contributed by atoms with van der Waals surface area (Å²) in [6.45, 7) is 4.03. The average Bonchev–Trinajstić information content (AvgIpc) is 2.62. The van der Waals surface area contributed by atoms with Crippen molar-refractivity contribution in [2.24, 2.45) is 0 Å². The molecule has 2 rings (SSSR count). The van der Waals surface area contributed by atoms with E-state index in [1.54, 1.807) is 17.5 Å². The predicted octanol–water partition coefficient (Wildman–Crippen LogP) is 2.83. The van der Waals surface area contributed by atoms with Crippen LogP contribution >= 0.6 is 11.3 Å². The summed E-state index contributed by atoms with van der Waals surface area (Å²) in [7, 11) is 0. The second-order valence-electron chi connectivity index (χ2n) is 2.92. The highest BCUT2D eigenvalue weighted by molar-refractivity contribution is 7.16. The molecule has 2 aromatic rings. The zero-order valence-electron chi connectivity index (χ0n) is 7.59. The van der Waals surface area contributed by atoms with Crippen molar-refractivity contribution in [2.75, 3.05) is 5.32 Å². The molecule has 0 aromatic carbocycles. The molecule has 0 saturated carbocycles. The number of hydrogen-bond acceptors (Lipinski definition) is 3. The third-order valence-corrected chi connectivity index (χ3v) is 2.62. The molecule has 0 aliphatic carbocycles. The van der Waals surface area contributed by atoms with E-state index >= 15 is 0 Å². The molecule has 4 heteroatoms. The van der Waals surface area contributed by atoms with Crippen molar-refractivity contribution < 1.29 is 0 Å². The highest BCUT2D eigenvalue weighted by Crippen LogP contribution is 2.23. The number of aromatic amines is 1. The van der Waals surface area contributed by atoms with Crippen molar-refractivity contribution in [3.05, 3.63) is 29.0 Å². The first-order chi connectivity index (χ1) is 6.24. The van der Waals surface area contributed by atoms with E-state index in [-0.39, 0.29) is 0 Å². The molecule has 0 atom stereocenters. The number of nitrogens with zero attached hydrogens (tertiary/aromatic N) is 1. The van der Waals surface area contributed by atoms with Gasteiger partial charge in [-0.25, -0.2) is 4.98 Å². The summed E-state index contributed by atoms with van der Waals surface area (Å²) in [5, 5.41) is 4.39. The second kappa shape index (κ2) is 3.22. The first kappa shape index (κ1) is 8.31. The summed E-state index contributed by atoms with van der Waals surface area (Å²) >= 11 is 1.73. The summed E-state index contributed by atoms with van der Waals surface area (Å²) in [6, 6.07) is 4.16. The van der Waals surface area contributed by atoms with E-state index < -0.39 is 0 Å². The molecule has 0 aliphatic heterocycles. The summed E-state index contributed by atoms with van der Waals surface area (Å²) in [6.07, 6.45) is 1.80. The lowest BCUT2D eigenvalue weighted by molar-refractivity contribution is 1.15. The summed E-state index contributed by atoms with van der Waals surface area (Å²) in [5.74, 6) is 1.87. The van der Waals surface area contributed by atoms with Crippen LogP contribution in [0.5, 0.6) is 0 Å². The molecule has 0 radical (unpaired) electrons. The van der Waals surface area contributed by atoms with Crippen molar-refractivity contribution in [1.82, 2.24) is 9.97 Å². The van der Waals surface area contributed by atoms with Gasteiger partial charge in [0.2, 0.25) is 0 Å². The third-order valence-electron chi connectivity index (χ3n) is 1.70. The SMILES string of the molecule is Cc1ncc(Nc2ccc(C)s2)[nH]1. The third kappa shape index (κ3) is 1.89. The van der Waals surface area contributed by atoms with Crippen LogP contribution in [-0.2, 0) is 0 Å².